The molecule has 1 aliphatic rings. The van der Waals surface area contributed by atoms with Gasteiger partial charge in [-0.1, -0.05) is 35.9 Å². The zero-order valence-electron chi connectivity index (χ0n) is 9.18. The Balaban J connectivity index is 1.84. The van der Waals surface area contributed by atoms with Gasteiger partial charge in [-0.05, 0) is 29.8 Å². The Labute approximate surface area is 109 Å². The summed E-state index contributed by atoms with van der Waals surface area (Å²) in [5, 5.41) is 0.794. The highest BCUT2D eigenvalue weighted by Crippen LogP contribution is 2.47. The number of benzene rings is 2. The van der Waals surface area contributed by atoms with E-state index in [1.807, 2.05) is 18.2 Å². The summed E-state index contributed by atoms with van der Waals surface area (Å²) in [5.41, 5.74) is 4.56. The number of hydrogen-bond donors (Lipinski definition) is 1. The molecule has 3 rings (SSSR count). The van der Waals surface area contributed by atoms with Crippen LogP contribution in [0.4, 0.5) is 5.69 Å². The second-order valence-electron chi connectivity index (χ2n) is 3.99. The summed E-state index contributed by atoms with van der Waals surface area (Å²) in [7, 11) is -0.282. The summed E-state index contributed by atoms with van der Waals surface area (Å²) in [5.74, 6) is 1.05. The molecule has 0 spiro atoms. The van der Waals surface area contributed by atoms with Gasteiger partial charge in [0.1, 0.15) is 0 Å². The second-order valence-corrected chi connectivity index (χ2v) is 6.39. The normalized spacial score (nSPS) is 19.2. The molecule has 1 atom stereocenters. The van der Waals surface area contributed by atoms with Gasteiger partial charge in [0.25, 0.3) is 0 Å². The number of aliphatic imine (C=N–C) groups is 1. The molecule has 0 fully saturated rings. The number of halogens is 1. The van der Waals surface area contributed by atoms with E-state index in [0.717, 1.165) is 16.5 Å². The zero-order chi connectivity index (χ0) is 11.7. The predicted molar refractivity (Wildman–Crippen MR) is 77.0 cm³/mol. The Morgan fingerprint density at radius 2 is 1.76 bits per heavy atom. The molecule has 2 aromatic carbocycles. The summed E-state index contributed by atoms with van der Waals surface area (Å²) in [6.07, 6.45) is 0. The van der Waals surface area contributed by atoms with Crippen LogP contribution in [0.25, 0.3) is 0 Å². The van der Waals surface area contributed by atoms with Crippen molar-refractivity contribution in [3.63, 3.8) is 0 Å². The summed E-state index contributed by atoms with van der Waals surface area (Å²) >= 11 is 5.89. The van der Waals surface area contributed by atoms with Crippen molar-refractivity contribution in [3.05, 3.63) is 59.1 Å². The quantitative estimate of drug-likeness (QED) is 0.760. The van der Waals surface area contributed by atoms with E-state index in [2.05, 4.69) is 40.9 Å². The van der Waals surface area contributed by atoms with E-state index in [4.69, 9.17) is 11.6 Å². The average Bonchev–Trinajstić information content (AvgIpc) is 2.76. The van der Waals surface area contributed by atoms with E-state index in [9.17, 15) is 0 Å². The summed E-state index contributed by atoms with van der Waals surface area (Å²) in [6.45, 7) is 0. The van der Waals surface area contributed by atoms with Gasteiger partial charge >= 0.3 is 0 Å². The molecule has 2 aromatic rings. The molecule has 0 radical (unpaired) electrons. The lowest BCUT2D eigenvalue weighted by atomic mass is 10.2. The smallest absolute Gasteiger partial charge is 0.0757 e. The number of fused-ring (bicyclic) bond motifs is 1. The first kappa shape index (κ1) is 10.9. The van der Waals surface area contributed by atoms with Crippen LogP contribution in [0.2, 0.25) is 5.02 Å². The van der Waals surface area contributed by atoms with Crippen molar-refractivity contribution in [2.75, 3.05) is 0 Å². The van der Waals surface area contributed by atoms with E-state index < -0.39 is 0 Å². The number of hydrogen-bond acceptors (Lipinski definition) is 1. The van der Waals surface area contributed by atoms with E-state index >= 15 is 0 Å². The average molecular weight is 262 g/mol. The minimum Gasteiger partial charge on any atom is -0.250 e. The summed E-state index contributed by atoms with van der Waals surface area (Å²) < 4.78 is 0. The van der Waals surface area contributed by atoms with Crippen LogP contribution < -0.4 is 0 Å². The minimum absolute atomic E-state index is 0.282. The molecular formula is C14H12ClNS. The van der Waals surface area contributed by atoms with E-state index in [0.29, 0.717) is 0 Å². The highest BCUT2D eigenvalue weighted by atomic mass is 35.5. The first-order chi connectivity index (χ1) is 8.33. The fourth-order valence-electron chi connectivity index (χ4n) is 1.92. The molecule has 0 saturated carbocycles. The fraction of sp³-hybridized carbons (Fsp3) is 0.0714. The van der Waals surface area contributed by atoms with Crippen molar-refractivity contribution >= 4 is 33.7 Å². The lowest BCUT2D eigenvalue weighted by Gasteiger charge is -2.13. The largest absolute Gasteiger partial charge is 0.250 e. The molecule has 1 heterocycles. The molecule has 1 unspecified atom stereocenters. The van der Waals surface area contributed by atoms with Crippen LogP contribution in [0.15, 0.2) is 58.4 Å². The topological polar surface area (TPSA) is 12.4 Å². The van der Waals surface area contributed by atoms with Gasteiger partial charge in [0.2, 0.25) is 0 Å². The van der Waals surface area contributed by atoms with Crippen LogP contribution in [0.3, 0.4) is 0 Å². The maximum Gasteiger partial charge on any atom is 0.0757 e. The zero-order valence-corrected chi connectivity index (χ0v) is 10.8. The van der Waals surface area contributed by atoms with Crippen LogP contribution in [-0.2, 0) is 5.75 Å². The van der Waals surface area contributed by atoms with Gasteiger partial charge in [0.15, 0.2) is 0 Å². The highest BCUT2D eigenvalue weighted by Gasteiger charge is 2.14. The summed E-state index contributed by atoms with van der Waals surface area (Å²) in [6, 6.07) is 16.5. The molecule has 1 aliphatic heterocycles. The lowest BCUT2D eigenvalue weighted by Crippen LogP contribution is -1.87. The Morgan fingerprint density at radius 3 is 2.59 bits per heavy atom. The van der Waals surface area contributed by atoms with Crippen molar-refractivity contribution in [3.8, 4) is 0 Å². The van der Waals surface area contributed by atoms with Gasteiger partial charge in [-0.2, -0.15) is 10.9 Å². The Hall–Kier alpha value is -1.25. The van der Waals surface area contributed by atoms with Crippen molar-refractivity contribution in [1.82, 2.24) is 0 Å². The predicted octanol–water partition coefficient (Wildman–Crippen LogP) is 4.57. The van der Waals surface area contributed by atoms with Crippen molar-refractivity contribution < 1.29 is 0 Å². The maximum atomic E-state index is 5.89. The van der Waals surface area contributed by atoms with E-state index in [-0.39, 0.29) is 10.9 Å². The standard InChI is InChI=1S/C14H12ClNS/c15-12-7-5-11(6-8-12)9-17-10-16-13-3-1-2-4-14(13)17/h1-8,10,17H,9H2. The van der Waals surface area contributed by atoms with Gasteiger partial charge in [-0.3, -0.25) is 4.99 Å². The number of nitrogens with zero attached hydrogens (tertiary/aromatic N) is 1. The van der Waals surface area contributed by atoms with Gasteiger partial charge in [0.05, 0.1) is 5.69 Å². The monoisotopic (exact) mass is 261 g/mol. The molecule has 0 N–H and O–H groups in total. The Morgan fingerprint density at radius 1 is 1.00 bits per heavy atom. The van der Waals surface area contributed by atoms with Gasteiger partial charge in [-0.25, -0.2) is 0 Å². The highest BCUT2D eigenvalue weighted by molar-refractivity contribution is 8.28. The van der Waals surface area contributed by atoms with Crippen LogP contribution in [0.5, 0.6) is 0 Å². The van der Waals surface area contributed by atoms with Gasteiger partial charge in [0, 0.05) is 21.2 Å². The SMILES string of the molecule is Clc1ccc(C[SH]2C=Nc3ccccc32)cc1. The van der Waals surface area contributed by atoms with Crippen LogP contribution in [0, 0.1) is 0 Å². The molecule has 0 bridgehead atoms. The first-order valence-electron chi connectivity index (χ1n) is 5.47. The second kappa shape index (κ2) is 4.55. The molecule has 1 nitrogen and oxygen atoms in total. The summed E-state index contributed by atoms with van der Waals surface area (Å²) in [4.78, 5) is 5.86. The fourth-order valence-corrected chi connectivity index (χ4v) is 4.00. The molecule has 0 aromatic heterocycles. The first-order valence-corrected chi connectivity index (χ1v) is 7.45. The van der Waals surface area contributed by atoms with Crippen molar-refractivity contribution in [2.24, 2.45) is 4.99 Å². The number of para-hydroxylation sites is 1. The van der Waals surface area contributed by atoms with Crippen LogP contribution in [0.1, 0.15) is 5.56 Å². The molecule has 0 aliphatic carbocycles. The van der Waals surface area contributed by atoms with E-state index in [1.54, 1.807) is 0 Å². The number of thiol groups is 1. The van der Waals surface area contributed by atoms with Gasteiger partial charge in [-0.15, -0.1) is 0 Å². The van der Waals surface area contributed by atoms with Crippen molar-refractivity contribution in [1.29, 1.82) is 0 Å². The van der Waals surface area contributed by atoms with Crippen LogP contribution >= 0.6 is 22.5 Å². The number of rotatable bonds is 2. The van der Waals surface area contributed by atoms with Crippen LogP contribution in [-0.4, -0.2) is 5.55 Å². The molecular weight excluding hydrogens is 250 g/mol. The third kappa shape index (κ3) is 2.24. The maximum absolute atomic E-state index is 5.89. The third-order valence-corrected chi connectivity index (χ3v) is 5.14. The Bertz CT molecular complexity index is 563. The molecule has 0 saturated heterocycles. The molecule has 86 valence electrons. The molecule has 3 heteroatoms. The third-order valence-electron chi connectivity index (χ3n) is 2.79. The molecule has 0 amide bonds. The van der Waals surface area contributed by atoms with Crippen molar-refractivity contribution in [2.45, 2.75) is 10.6 Å². The Kier molecular flexibility index (Phi) is 2.91. The minimum atomic E-state index is -0.282. The van der Waals surface area contributed by atoms with Gasteiger partial charge < -0.3 is 0 Å². The van der Waals surface area contributed by atoms with E-state index in [1.165, 1.54) is 10.5 Å². The molecule has 17 heavy (non-hydrogen) atoms. The lowest BCUT2D eigenvalue weighted by molar-refractivity contribution is 1.37.